The summed E-state index contributed by atoms with van der Waals surface area (Å²) in [6.45, 7) is 1.49. The molecule has 1 atom stereocenters. The van der Waals surface area contributed by atoms with Gasteiger partial charge in [0.1, 0.15) is 11.0 Å². The average molecular weight is 455 g/mol. The van der Waals surface area contributed by atoms with E-state index in [1.54, 1.807) is 36.4 Å². The van der Waals surface area contributed by atoms with Crippen molar-refractivity contribution < 1.29 is 17.9 Å². The zero-order valence-corrected chi connectivity index (χ0v) is 18.2. The number of carbonyl (C=O) groups excluding carboxylic acids is 1. The Morgan fingerprint density at radius 2 is 1.68 bits per heavy atom. The Bertz CT molecular complexity index is 1210. The molecule has 3 aromatic carbocycles. The Morgan fingerprint density at radius 3 is 2.29 bits per heavy atom. The first kappa shape index (κ1) is 22.3. The number of halogens is 1. The number of para-hydroxylation sites is 1. The number of benzene rings is 3. The van der Waals surface area contributed by atoms with E-state index in [0.717, 1.165) is 5.56 Å². The van der Waals surface area contributed by atoms with E-state index in [-0.39, 0.29) is 22.0 Å². The lowest BCUT2D eigenvalue weighted by Gasteiger charge is -2.25. The Hall–Kier alpha value is -3.34. The molecule has 158 valence electrons. The minimum Gasteiger partial charge on any atom is -0.444 e. The smallest absolute Gasteiger partial charge is 0.339 e. The third-order valence-corrected chi connectivity index (χ3v) is 6.67. The predicted molar refractivity (Wildman–Crippen MR) is 118 cm³/mol. The van der Waals surface area contributed by atoms with Gasteiger partial charge in [-0.2, -0.15) is 5.26 Å². The van der Waals surface area contributed by atoms with Gasteiger partial charge in [-0.05, 0) is 42.8 Å². The number of ether oxygens (including phenoxy) is 1. The van der Waals surface area contributed by atoms with Gasteiger partial charge in [0.2, 0.25) is 0 Å². The summed E-state index contributed by atoms with van der Waals surface area (Å²) in [6, 6.07) is 23.4. The lowest BCUT2D eigenvalue weighted by molar-refractivity contribution is 0.0435. The Balaban J connectivity index is 2.06. The van der Waals surface area contributed by atoms with Crippen molar-refractivity contribution in [2.75, 3.05) is 4.31 Å². The van der Waals surface area contributed by atoms with Gasteiger partial charge in [-0.15, -0.1) is 0 Å². The van der Waals surface area contributed by atoms with Crippen LogP contribution in [0.25, 0.3) is 0 Å². The van der Waals surface area contributed by atoms with Crippen LogP contribution in [0.4, 0.5) is 5.69 Å². The number of anilines is 1. The van der Waals surface area contributed by atoms with E-state index in [9.17, 15) is 13.2 Å². The molecule has 8 heteroatoms. The number of hydrogen-bond donors (Lipinski definition) is 0. The molecule has 0 radical (unpaired) electrons. The highest BCUT2D eigenvalue weighted by atomic mass is 35.5. The molecular weight excluding hydrogens is 436 g/mol. The number of sulfonamides is 1. The fourth-order valence-corrected chi connectivity index (χ4v) is 4.82. The fourth-order valence-electron chi connectivity index (χ4n) is 2.86. The Kier molecular flexibility index (Phi) is 6.95. The monoisotopic (exact) mass is 454 g/mol. The number of nitriles is 1. The standard InChI is InChI=1S/C23H19ClN2O4S/c1-17(15-25)30-23(27)19-12-13-21(24)22(14-19)31(28,29)26(20-10-6-3-7-11-20)16-18-8-4-2-5-9-18/h2-14,17H,16H2,1H3. The van der Waals surface area contributed by atoms with Crippen LogP contribution in [0.3, 0.4) is 0 Å². The van der Waals surface area contributed by atoms with Gasteiger partial charge < -0.3 is 4.74 Å². The molecule has 0 saturated carbocycles. The molecule has 0 aromatic heterocycles. The van der Waals surface area contributed by atoms with Crippen molar-refractivity contribution in [3.8, 4) is 6.07 Å². The molecular formula is C23H19ClN2O4S. The maximum atomic E-state index is 13.6. The van der Waals surface area contributed by atoms with Gasteiger partial charge in [0.15, 0.2) is 6.10 Å². The van der Waals surface area contributed by atoms with Gasteiger partial charge in [-0.3, -0.25) is 4.31 Å². The van der Waals surface area contributed by atoms with E-state index in [2.05, 4.69) is 0 Å². The Morgan fingerprint density at radius 1 is 1.06 bits per heavy atom. The van der Waals surface area contributed by atoms with Crippen LogP contribution in [-0.4, -0.2) is 20.5 Å². The van der Waals surface area contributed by atoms with Crippen molar-refractivity contribution in [3.63, 3.8) is 0 Å². The lowest BCUT2D eigenvalue weighted by Crippen LogP contribution is -2.31. The molecule has 0 heterocycles. The van der Waals surface area contributed by atoms with Gasteiger partial charge in [0.05, 0.1) is 22.8 Å². The summed E-state index contributed by atoms with van der Waals surface area (Å²) in [5, 5.41) is 8.82. The number of rotatable bonds is 7. The maximum absolute atomic E-state index is 13.6. The largest absolute Gasteiger partial charge is 0.444 e. The minimum atomic E-state index is -4.14. The molecule has 0 fully saturated rings. The minimum absolute atomic E-state index is 0.0159. The highest BCUT2D eigenvalue weighted by Gasteiger charge is 2.29. The van der Waals surface area contributed by atoms with E-state index in [4.69, 9.17) is 21.6 Å². The number of hydrogen-bond acceptors (Lipinski definition) is 5. The third-order valence-electron chi connectivity index (χ3n) is 4.41. The van der Waals surface area contributed by atoms with E-state index in [1.807, 2.05) is 30.3 Å². The van der Waals surface area contributed by atoms with Crippen LogP contribution >= 0.6 is 11.6 Å². The van der Waals surface area contributed by atoms with Crippen molar-refractivity contribution in [1.82, 2.24) is 0 Å². The molecule has 0 aliphatic carbocycles. The van der Waals surface area contributed by atoms with Crippen LogP contribution in [0, 0.1) is 11.3 Å². The fraction of sp³-hybridized carbons (Fsp3) is 0.130. The SMILES string of the molecule is CC(C#N)OC(=O)c1ccc(Cl)c(S(=O)(=O)N(Cc2ccccc2)c2ccccc2)c1. The van der Waals surface area contributed by atoms with Crippen LogP contribution in [0.1, 0.15) is 22.8 Å². The van der Waals surface area contributed by atoms with E-state index < -0.39 is 22.1 Å². The van der Waals surface area contributed by atoms with E-state index in [0.29, 0.717) is 5.69 Å². The van der Waals surface area contributed by atoms with Gasteiger partial charge >= 0.3 is 5.97 Å². The Labute approximate surface area is 186 Å². The molecule has 0 saturated heterocycles. The summed E-state index contributed by atoms with van der Waals surface area (Å²) in [5.74, 6) is -0.809. The van der Waals surface area contributed by atoms with Crippen LogP contribution in [0.2, 0.25) is 5.02 Å². The van der Waals surface area contributed by atoms with Crippen LogP contribution < -0.4 is 4.31 Å². The van der Waals surface area contributed by atoms with Crippen molar-refractivity contribution in [3.05, 3.63) is 95.0 Å². The molecule has 6 nitrogen and oxygen atoms in total. The number of esters is 1. The first-order chi connectivity index (χ1) is 14.8. The zero-order chi connectivity index (χ0) is 22.4. The summed E-state index contributed by atoms with van der Waals surface area (Å²) in [5.41, 5.74) is 1.22. The summed E-state index contributed by atoms with van der Waals surface area (Å²) in [6.07, 6.45) is -0.970. The molecule has 31 heavy (non-hydrogen) atoms. The highest BCUT2D eigenvalue weighted by molar-refractivity contribution is 7.93. The predicted octanol–water partition coefficient (Wildman–Crippen LogP) is 4.80. The van der Waals surface area contributed by atoms with E-state index >= 15 is 0 Å². The first-order valence-corrected chi connectivity index (χ1v) is 11.2. The summed E-state index contributed by atoms with van der Waals surface area (Å²) in [4.78, 5) is 12.1. The van der Waals surface area contributed by atoms with Gasteiger partial charge in [-0.25, -0.2) is 13.2 Å². The zero-order valence-electron chi connectivity index (χ0n) is 16.6. The normalized spacial score (nSPS) is 11.9. The van der Waals surface area contributed by atoms with Gasteiger partial charge in [0.25, 0.3) is 10.0 Å². The summed E-state index contributed by atoms with van der Waals surface area (Å²) >= 11 is 6.24. The maximum Gasteiger partial charge on any atom is 0.339 e. The van der Waals surface area contributed by atoms with Crippen LogP contribution in [-0.2, 0) is 21.3 Å². The second kappa shape index (κ2) is 9.65. The third kappa shape index (κ3) is 5.23. The van der Waals surface area contributed by atoms with Crippen molar-refractivity contribution in [1.29, 1.82) is 5.26 Å². The van der Waals surface area contributed by atoms with Gasteiger partial charge in [0, 0.05) is 0 Å². The molecule has 3 rings (SSSR count). The number of carbonyl (C=O) groups is 1. The molecule has 0 aliphatic heterocycles. The molecule has 0 amide bonds. The molecule has 0 bridgehead atoms. The molecule has 0 N–H and O–H groups in total. The quantitative estimate of drug-likeness (QED) is 0.478. The van der Waals surface area contributed by atoms with Crippen molar-refractivity contribution >= 4 is 33.3 Å². The second-order valence-electron chi connectivity index (χ2n) is 6.65. The number of nitrogens with zero attached hydrogens (tertiary/aromatic N) is 2. The van der Waals surface area contributed by atoms with E-state index in [1.165, 1.54) is 29.4 Å². The lowest BCUT2D eigenvalue weighted by atomic mass is 10.2. The molecule has 0 aliphatic rings. The van der Waals surface area contributed by atoms with Crippen molar-refractivity contribution in [2.45, 2.75) is 24.5 Å². The topological polar surface area (TPSA) is 87.5 Å². The molecule has 3 aromatic rings. The molecule has 1 unspecified atom stereocenters. The summed E-state index contributed by atoms with van der Waals surface area (Å²) in [7, 11) is -4.14. The summed E-state index contributed by atoms with van der Waals surface area (Å²) < 4.78 is 33.5. The first-order valence-electron chi connectivity index (χ1n) is 9.35. The molecule has 0 spiro atoms. The van der Waals surface area contributed by atoms with Crippen LogP contribution in [0.15, 0.2) is 83.8 Å². The van der Waals surface area contributed by atoms with Crippen molar-refractivity contribution in [2.24, 2.45) is 0 Å². The van der Waals surface area contributed by atoms with Gasteiger partial charge in [-0.1, -0.05) is 60.1 Å². The second-order valence-corrected chi connectivity index (χ2v) is 8.89. The van der Waals surface area contributed by atoms with Crippen LogP contribution in [0.5, 0.6) is 0 Å². The highest BCUT2D eigenvalue weighted by Crippen LogP contribution is 2.31. The average Bonchev–Trinajstić information content (AvgIpc) is 2.78.